The maximum Gasteiger partial charge on any atom is 0.267 e. The highest BCUT2D eigenvalue weighted by Crippen LogP contribution is 2.21. The van der Waals surface area contributed by atoms with E-state index in [-0.39, 0.29) is 30.0 Å². The van der Waals surface area contributed by atoms with Gasteiger partial charge in [0, 0.05) is 25.2 Å². The molecule has 0 saturated carbocycles. The molecule has 8 nitrogen and oxygen atoms in total. The molecular weight excluding hydrogens is 329 g/mol. The molecule has 132 valence electrons. The zero-order valence-electron chi connectivity index (χ0n) is 13.8. The summed E-state index contributed by atoms with van der Waals surface area (Å²) in [4.78, 5) is 33.2. The van der Waals surface area contributed by atoms with E-state index < -0.39 is 5.82 Å². The van der Waals surface area contributed by atoms with E-state index in [1.54, 1.807) is 11.8 Å². The second kappa shape index (κ2) is 7.37. The number of rotatable bonds is 5. The fraction of sp³-hybridized carbons (Fsp3) is 0.438. The van der Waals surface area contributed by atoms with Gasteiger partial charge in [-0.1, -0.05) is 6.92 Å². The Kier molecular flexibility index (Phi) is 5.01. The van der Waals surface area contributed by atoms with E-state index in [0.29, 0.717) is 31.6 Å². The summed E-state index contributed by atoms with van der Waals surface area (Å²) in [7, 11) is 0. The Bertz CT molecular complexity index is 825. The zero-order chi connectivity index (χ0) is 17.8. The van der Waals surface area contributed by atoms with Crippen LogP contribution in [0.3, 0.4) is 0 Å². The van der Waals surface area contributed by atoms with Crippen molar-refractivity contribution in [1.29, 1.82) is 0 Å². The molecule has 0 unspecified atom stereocenters. The summed E-state index contributed by atoms with van der Waals surface area (Å²) in [6.45, 7) is 2.45. The molecule has 9 heteroatoms. The number of halogens is 1. The lowest BCUT2D eigenvalue weighted by Gasteiger charge is -2.17. The third kappa shape index (κ3) is 3.81. The standard InChI is InChI=1S/C16H18FN5O3/c1-2-12-15(17)16(19-10-18-12)25-11-5-7-21(8-11)14(24)9-22-13(23)4-3-6-20-22/h3-4,6,10-11H,2,5,7-9H2,1H3/t11-/m1/s1. The Hall–Kier alpha value is -2.84. The van der Waals surface area contributed by atoms with Crippen molar-refractivity contribution >= 4 is 5.91 Å². The van der Waals surface area contributed by atoms with Gasteiger partial charge >= 0.3 is 0 Å². The lowest BCUT2D eigenvalue weighted by Crippen LogP contribution is -2.36. The lowest BCUT2D eigenvalue weighted by atomic mass is 10.3. The van der Waals surface area contributed by atoms with Crippen LogP contribution in [0.5, 0.6) is 5.88 Å². The van der Waals surface area contributed by atoms with Crippen LogP contribution in [0.15, 0.2) is 29.5 Å². The Morgan fingerprint density at radius 3 is 3.04 bits per heavy atom. The highest BCUT2D eigenvalue weighted by Gasteiger charge is 2.29. The van der Waals surface area contributed by atoms with Gasteiger partial charge in [-0.15, -0.1) is 0 Å². The van der Waals surface area contributed by atoms with Crippen LogP contribution in [-0.4, -0.2) is 49.7 Å². The number of ether oxygens (including phenoxy) is 1. The van der Waals surface area contributed by atoms with Crippen molar-refractivity contribution in [3.05, 3.63) is 46.5 Å². The van der Waals surface area contributed by atoms with Gasteiger partial charge in [0.15, 0.2) is 0 Å². The summed E-state index contributed by atoms with van der Waals surface area (Å²) in [5.74, 6) is -0.883. The molecule has 1 aliphatic rings. The van der Waals surface area contributed by atoms with Crippen molar-refractivity contribution in [2.24, 2.45) is 0 Å². The molecule has 0 bridgehead atoms. The SMILES string of the molecule is CCc1ncnc(O[C@@H]2CCN(C(=O)Cn3ncccc3=O)C2)c1F. The molecule has 3 rings (SSSR count). The van der Waals surface area contributed by atoms with E-state index in [2.05, 4.69) is 15.1 Å². The summed E-state index contributed by atoms with van der Waals surface area (Å²) in [6, 6.07) is 2.86. The monoisotopic (exact) mass is 347 g/mol. The van der Waals surface area contributed by atoms with Gasteiger partial charge in [-0.05, 0) is 12.5 Å². The van der Waals surface area contributed by atoms with Gasteiger partial charge in [-0.25, -0.2) is 9.67 Å². The minimum absolute atomic E-state index is 0.0907. The Morgan fingerprint density at radius 1 is 1.44 bits per heavy atom. The number of carbonyl (C=O) groups is 1. The van der Waals surface area contributed by atoms with E-state index in [1.807, 2.05) is 0 Å². The minimum atomic E-state index is -0.560. The quantitative estimate of drug-likeness (QED) is 0.778. The molecule has 0 N–H and O–H groups in total. The third-order valence-electron chi connectivity index (χ3n) is 4.01. The van der Waals surface area contributed by atoms with Crippen molar-refractivity contribution in [2.75, 3.05) is 13.1 Å². The first-order chi connectivity index (χ1) is 12.1. The van der Waals surface area contributed by atoms with Crippen molar-refractivity contribution in [3.8, 4) is 5.88 Å². The number of aryl methyl sites for hydroxylation is 1. The first kappa shape index (κ1) is 17.0. The minimum Gasteiger partial charge on any atom is -0.470 e. The van der Waals surface area contributed by atoms with Gasteiger partial charge in [-0.2, -0.15) is 14.5 Å². The predicted octanol–water partition coefficient (Wildman–Crippen LogP) is 0.415. The fourth-order valence-electron chi connectivity index (χ4n) is 2.66. The molecular formula is C16H18FN5O3. The summed E-state index contributed by atoms with van der Waals surface area (Å²) in [6.07, 6.45) is 3.38. The highest BCUT2D eigenvalue weighted by atomic mass is 19.1. The van der Waals surface area contributed by atoms with Gasteiger partial charge in [0.1, 0.15) is 19.0 Å². The normalized spacial score (nSPS) is 16.9. The van der Waals surface area contributed by atoms with Crippen LogP contribution in [0.1, 0.15) is 19.0 Å². The number of amides is 1. The van der Waals surface area contributed by atoms with E-state index in [9.17, 15) is 14.0 Å². The molecule has 0 aliphatic carbocycles. The first-order valence-corrected chi connectivity index (χ1v) is 8.04. The summed E-state index contributed by atoms with van der Waals surface area (Å²) < 4.78 is 20.8. The molecule has 1 aliphatic heterocycles. The van der Waals surface area contributed by atoms with E-state index in [1.165, 1.54) is 24.7 Å². The molecule has 0 radical (unpaired) electrons. The fourth-order valence-corrected chi connectivity index (χ4v) is 2.66. The molecule has 1 atom stereocenters. The average Bonchev–Trinajstić information content (AvgIpc) is 3.07. The van der Waals surface area contributed by atoms with E-state index >= 15 is 0 Å². The molecule has 3 heterocycles. The number of nitrogens with zero attached hydrogens (tertiary/aromatic N) is 5. The number of hydrogen-bond acceptors (Lipinski definition) is 6. The van der Waals surface area contributed by atoms with Gasteiger partial charge < -0.3 is 9.64 Å². The molecule has 1 amide bonds. The van der Waals surface area contributed by atoms with Crippen LogP contribution in [0.2, 0.25) is 0 Å². The van der Waals surface area contributed by atoms with Gasteiger partial charge in [-0.3, -0.25) is 9.59 Å². The maximum atomic E-state index is 14.1. The van der Waals surface area contributed by atoms with Crippen LogP contribution >= 0.6 is 0 Å². The van der Waals surface area contributed by atoms with Crippen molar-refractivity contribution < 1.29 is 13.9 Å². The largest absolute Gasteiger partial charge is 0.470 e. The third-order valence-corrected chi connectivity index (χ3v) is 4.01. The Labute approximate surface area is 143 Å². The molecule has 25 heavy (non-hydrogen) atoms. The van der Waals surface area contributed by atoms with Gasteiger partial charge in [0.25, 0.3) is 11.4 Å². The molecule has 2 aromatic rings. The number of hydrogen-bond donors (Lipinski definition) is 0. The van der Waals surface area contributed by atoms with Crippen molar-refractivity contribution in [2.45, 2.75) is 32.4 Å². The molecule has 0 aromatic carbocycles. The average molecular weight is 347 g/mol. The molecule has 1 fully saturated rings. The van der Waals surface area contributed by atoms with Crippen LogP contribution in [-0.2, 0) is 17.8 Å². The molecule has 1 saturated heterocycles. The topological polar surface area (TPSA) is 90.2 Å². The van der Waals surface area contributed by atoms with E-state index in [4.69, 9.17) is 4.74 Å². The Balaban J connectivity index is 1.61. The molecule has 2 aromatic heterocycles. The predicted molar refractivity (Wildman–Crippen MR) is 85.5 cm³/mol. The number of aromatic nitrogens is 4. The Morgan fingerprint density at radius 2 is 2.28 bits per heavy atom. The van der Waals surface area contributed by atoms with Gasteiger partial charge in [0.2, 0.25) is 11.7 Å². The highest BCUT2D eigenvalue weighted by molar-refractivity contribution is 5.76. The second-order valence-electron chi connectivity index (χ2n) is 5.68. The maximum absolute atomic E-state index is 14.1. The summed E-state index contributed by atoms with van der Waals surface area (Å²) in [5.41, 5.74) is -0.0385. The van der Waals surface area contributed by atoms with Crippen LogP contribution in [0.4, 0.5) is 4.39 Å². The van der Waals surface area contributed by atoms with Crippen LogP contribution in [0, 0.1) is 5.82 Å². The number of likely N-dealkylation sites (tertiary alicyclic amines) is 1. The number of carbonyl (C=O) groups excluding carboxylic acids is 1. The summed E-state index contributed by atoms with van der Waals surface area (Å²) >= 11 is 0. The van der Waals surface area contributed by atoms with E-state index in [0.717, 1.165) is 4.68 Å². The second-order valence-corrected chi connectivity index (χ2v) is 5.68. The smallest absolute Gasteiger partial charge is 0.267 e. The lowest BCUT2D eigenvalue weighted by molar-refractivity contribution is -0.131. The van der Waals surface area contributed by atoms with Crippen molar-refractivity contribution in [3.63, 3.8) is 0 Å². The summed E-state index contributed by atoms with van der Waals surface area (Å²) in [5, 5.41) is 3.87. The van der Waals surface area contributed by atoms with Crippen LogP contribution < -0.4 is 10.3 Å². The van der Waals surface area contributed by atoms with Crippen LogP contribution in [0.25, 0.3) is 0 Å². The van der Waals surface area contributed by atoms with Gasteiger partial charge in [0.05, 0.1) is 12.2 Å². The first-order valence-electron chi connectivity index (χ1n) is 8.04. The zero-order valence-corrected chi connectivity index (χ0v) is 13.8. The van der Waals surface area contributed by atoms with Crippen molar-refractivity contribution in [1.82, 2.24) is 24.6 Å². The molecule has 0 spiro atoms.